The van der Waals surface area contributed by atoms with E-state index in [0.29, 0.717) is 31.7 Å². The highest BCUT2D eigenvalue weighted by Gasteiger charge is 2.68. The molecule has 0 aromatic carbocycles. The summed E-state index contributed by atoms with van der Waals surface area (Å²) in [6.45, 7) is 13.6. The number of nitrogens with one attached hydrogen (secondary N) is 1. The van der Waals surface area contributed by atoms with Crippen LogP contribution in [0.2, 0.25) is 0 Å². The minimum atomic E-state index is -0.743. The summed E-state index contributed by atoms with van der Waals surface area (Å²) in [7, 11) is 0. The predicted octanol–water partition coefficient (Wildman–Crippen LogP) is 2.96. The molecule has 1 saturated heterocycles. The second-order valence-electron chi connectivity index (χ2n) is 11.9. The van der Waals surface area contributed by atoms with E-state index in [0.717, 1.165) is 19.3 Å². The number of aliphatic hydroxyl groups excluding tert-OH is 1. The van der Waals surface area contributed by atoms with Gasteiger partial charge in [-0.2, -0.15) is 0 Å². The number of aliphatic hydroxyl groups is 2. The molecule has 2 unspecified atom stereocenters. The summed E-state index contributed by atoms with van der Waals surface area (Å²) in [5.74, 6) is 0.578. The number of Topliss-reactive ketones (excluding diaryl/α,β-unsaturated/α-hetero) is 1. The number of ketones is 1. The van der Waals surface area contributed by atoms with E-state index in [9.17, 15) is 19.8 Å². The third kappa shape index (κ3) is 3.91. The van der Waals surface area contributed by atoms with E-state index in [1.807, 2.05) is 13.0 Å². The van der Waals surface area contributed by atoms with Crippen molar-refractivity contribution in [3.8, 4) is 0 Å². The van der Waals surface area contributed by atoms with Gasteiger partial charge in [0.25, 0.3) is 0 Å². The van der Waals surface area contributed by atoms with Crippen LogP contribution in [0.15, 0.2) is 12.7 Å². The molecule has 8 atom stereocenters. The first-order chi connectivity index (χ1) is 15.4. The Balaban J connectivity index is 1.64. The standard InChI is InChI=1S/C26H41NO5S/c1-6-23(4)11-19(32-20(29)12-33-15-25(31)13-27-14-25)24(5)16(2)7-9-26(17(3)22(23)30)10-8-18(28)21(24)26/h6,16-17,19,21-22,27,30-31H,1,7-15H2,2-5H3/t16?,17-,19+,21?,22-,23+,24-,26-/m0/s1. The normalized spacial score (nSPS) is 46.5. The third-order valence-electron chi connectivity index (χ3n) is 10.1. The Bertz CT molecular complexity index is 815. The molecular weight excluding hydrogens is 438 g/mol. The Labute approximate surface area is 202 Å². The van der Waals surface area contributed by atoms with E-state index in [4.69, 9.17) is 4.74 Å². The second-order valence-corrected chi connectivity index (χ2v) is 12.9. The van der Waals surface area contributed by atoms with Crippen LogP contribution in [0, 0.1) is 34.0 Å². The zero-order valence-electron chi connectivity index (χ0n) is 20.6. The molecule has 2 bridgehead atoms. The molecule has 3 aliphatic carbocycles. The molecule has 4 rings (SSSR count). The van der Waals surface area contributed by atoms with E-state index in [1.54, 1.807) is 0 Å². The van der Waals surface area contributed by atoms with Crippen molar-refractivity contribution in [1.29, 1.82) is 0 Å². The molecule has 33 heavy (non-hydrogen) atoms. The van der Waals surface area contributed by atoms with Gasteiger partial charge >= 0.3 is 5.97 Å². The summed E-state index contributed by atoms with van der Waals surface area (Å²) in [6, 6.07) is 0. The zero-order chi connectivity index (χ0) is 24.2. The van der Waals surface area contributed by atoms with Crippen LogP contribution in [0.1, 0.15) is 59.8 Å². The van der Waals surface area contributed by atoms with Crippen LogP contribution in [-0.2, 0) is 14.3 Å². The van der Waals surface area contributed by atoms with Crippen molar-refractivity contribution in [1.82, 2.24) is 5.32 Å². The smallest absolute Gasteiger partial charge is 0.316 e. The Kier molecular flexibility index (Phi) is 6.61. The summed E-state index contributed by atoms with van der Waals surface area (Å²) in [5, 5.41) is 24.9. The van der Waals surface area contributed by atoms with Crippen LogP contribution in [0.25, 0.3) is 0 Å². The SMILES string of the molecule is C=C[C@]1(C)C[C@@H](OC(=O)CSCC2(O)CNC2)[C@]2(C)C(C)CC[C@]3(CCC(=O)C32)[C@@H](C)[C@@H]1O. The molecule has 4 aliphatic rings. The Hall–Kier alpha value is -0.890. The van der Waals surface area contributed by atoms with Gasteiger partial charge < -0.3 is 20.3 Å². The van der Waals surface area contributed by atoms with Crippen molar-refractivity contribution in [2.45, 2.75) is 77.6 Å². The zero-order valence-corrected chi connectivity index (χ0v) is 21.4. The average molecular weight is 480 g/mol. The van der Waals surface area contributed by atoms with E-state index >= 15 is 0 Å². The number of carbonyl (C=O) groups excluding carboxylic acids is 2. The van der Waals surface area contributed by atoms with Crippen molar-refractivity contribution < 1.29 is 24.5 Å². The number of hydrogen-bond donors (Lipinski definition) is 3. The van der Waals surface area contributed by atoms with Gasteiger partial charge in [-0.3, -0.25) is 9.59 Å². The average Bonchev–Trinajstić information content (AvgIpc) is 3.11. The molecule has 0 amide bonds. The molecule has 1 aliphatic heterocycles. The first-order valence-electron chi connectivity index (χ1n) is 12.5. The lowest BCUT2D eigenvalue weighted by molar-refractivity contribution is -0.205. The van der Waals surface area contributed by atoms with Gasteiger partial charge in [-0.15, -0.1) is 18.3 Å². The number of β-amino-alcohol motifs (C(OH)–C–C–N with tert-alkyl or cyclic N) is 1. The quantitative estimate of drug-likeness (QED) is 0.398. The van der Waals surface area contributed by atoms with Crippen LogP contribution in [-0.4, -0.2) is 64.4 Å². The first-order valence-corrected chi connectivity index (χ1v) is 13.6. The van der Waals surface area contributed by atoms with Crippen LogP contribution < -0.4 is 5.32 Å². The lowest BCUT2D eigenvalue weighted by atomic mass is 9.44. The molecule has 1 heterocycles. The monoisotopic (exact) mass is 479 g/mol. The highest BCUT2D eigenvalue weighted by Crippen LogP contribution is 2.68. The van der Waals surface area contributed by atoms with Crippen molar-refractivity contribution in [3.63, 3.8) is 0 Å². The van der Waals surface area contributed by atoms with Gasteiger partial charge in [-0.1, -0.05) is 33.8 Å². The molecule has 0 radical (unpaired) electrons. The van der Waals surface area contributed by atoms with Crippen molar-refractivity contribution in [3.05, 3.63) is 12.7 Å². The summed E-state index contributed by atoms with van der Waals surface area (Å²) < 4.78 is 6.22. The number of carbonyl (C=O) groups is 2. The van der Waals surface area contributed by atoms with Crippen molar-refractivity contribution in [2.24, 2.45) is 34.0 Å². The summed E-state index contributed by atoms with van der Waals surface area (Å²) in [4.78, 5) is 26.4. The maximum absolute atomic E-state index is 13.4. The molecular formula is C26H41NO5S. The Morgan fingerprint density at radius 3 is 2.61 bits per heavy atom. The predicted molar refractivity (Wildman–Crippen MR) is 130 cm³/mol. The van der Waals surface area contributed by atoms with Gasteiger partial charge in [0.2, 0.25) is 0 Å². The number of hydrogen-bond acceptors (Lipinski definition) is 7. The van der Waals surface area contributed by atoms with Crippen molar-refractivity contribution in [2.75, 3.05) is 24.6 Å². The molecule has 0 aromatic heterocycles. The molecule has 0 aromatic rings. The molecule has 3 saturated carbocycles. The lowest BCUT2D eigenvalue weighted by Crippen LogP contribution is -2.63. The maximum atomic E-state index is 13.4. The molecule has 7 heteroatoms. The van der Waals surface area contributed by atoms with E-state index < -0.39 is 28.6 Å². The van der Waals surface area contributed by atoms with Gasteiger partial charge in [0, 0.05) is 42.0 Å². The van der Waals surface area contributed by atoms with Crippen LogP contribution in [0.4, 0.5) is 0 Å². The largest absolute Gasteiger partial charge is 0.461 e. The highest BCUT2D eigenvalue weighted by molar-refractivity contribution is 8.00. The van der Waals surface area contributed by atoms with E-state index in [-0.39, 0.29) is 40.7 Å². The van der Waals surface area contributed by atoms with Gasteiger partial charge in [0.05, 0.1) is 17.5 Å². The molecule has 4 fully saturated rings. The van der Waals surface area contributed by atoms with Gasteiger partial charge in [0.1, 0.15) is 11.9 Å². The van der Waals surface area contributed by atoms with Crippen LogP contribution in [0.5, 0.6) is 0 Å². The minimum Gasteiger partial charge on any atom is -0.461 e. The molecule has 0 spiro atoms. The highest BCUT2D eigenvalue weighted by atomic mass is 32.2. The number of esters is 1. The molecule has 3 N–H and O–H groups in total. The summed E-state index contributed by atoms with van der Waals surface area (Å²) in [5.41, 5.74) is -2.11. The Morgan fingerprint density at radius 2 is 2.00 bits per heavy atom. The first kappa shape index (κ1) is 25.2. The van der Waals surface area contributed by atoms with Gasteiger partial charge in [-0.05, 0) is 42.9 Å². The molecule has 6 nitrogen and oxygen atoms in total. The lowest BCUT2D eigenvalue weighted by Gasteiger charge is -2.61. The number of ether oxygens (including phenoxy) is 1. The van der Waals surface area contributed by atoms with E-state index in [2.05, 4.69) is 32.7 Å². The molecule has 186 valence electrons. The summed E-state index contributed by atoms with van der Waals surface area (Å²) >= 11 is 1.39. The van der Waals surface area contributed by atoms with Crippen LogP contribution in [0.3, 0.4) is 0 Å². The fourth-order valence-electron chi connectivity index (χ4n) is 7.53. The fraction of sp³-hybridized carbons (Fsp3) is 0.846. The number of rotatable bonds is 6. The van der Waals surface area contributed by atoms with E-state index in [1.165, 1.54) is 11.8 Å². The second kappa shape index (κ2) is 8.65. The summed E-state index contributed by atoms with van der Waals surface area (Å²) in [6.07, 6.45) is 4.36. The Morgan fingerprint density at radius 1 is 1.30 bits per heavy atom. The fourth-order valence-corrected chi connectivity index (χ4v) is 8.45. The third-order valence-corrected chi connectivity index (χ3v) is 11.3. The van der Waals surface area contributed by atoms with Crippen molar-refractivity contribution >= 4 is 23.5 Å². The number of thioether (sulfide) groups is 1. The van der Waals surface area contributed by atoms with Gasteiger partial charge in [0.15, 0.2) is 0 Å². The topological polar surface area (TPSA) is 95.9 Å². The maximum Gasteiger partial charge on any atom is 0.316 e. The van der Waals surface area contributed by atoms with Crippen LogP contribution >= 0.6 is 11.8 Å². The minimum absolute atomic E-state index is 0.0344. The van der Waals surface area contributed by atoms with Gasteiger partial charge in [-0.25, -0.2) is 0 Å².